The van der Waals surface area contributed by atoms with E-state index in [1.807, 2.05) is 11.6 Å². The molecule has 8 heteroatoms. The molecule has 0 bridgehead atoms. The van der Waals surface area contributed by atoms with Gasteiger partial charge in [-0.05, 0) is 20.3 Å². The average molecular weight is 331 g/mol. The van der Waals surface area contributed by atoms with Crippen molar-refractivity contribution in [2.24, 2.45) is 0 Å². The summed E-state index contributed by atoms with van der Waals surface area (Å²) >= 11 is 3.17. The maximum atomic E-state index is 11.8. The summed E-state index contributed by atoms with van der Waals surface area (Å²) in [5.41, 5.74) is 0. The van der Waals surface area contributed by atoms with Gasteiger partial charge in [0.25, 0.3) is 0 Å². The van der Waals surface area contributed by atoms with Crippen molar-refractivity contribution < 1.29 is 17.9 Å². The molecule has 0 fully saturated rings. The molecule has 1 amide bonds. The normalized spacial score (nSPS) is 11.9. The van der Waals surface area contributed by atoms with Crippen molar-refractivity contribution in [3.63, 3.8) is 0 Å². The van der Waals surface area contributed by atoms with Crippen molar-refractivity contribution in [1.29, 1.82) is 0 Å². The highest BCUT2D eigenvalue weighted by Crippen LogP contribution is 2.02. The van der Waals surface area contributed by atoms with E-state index in [2.05, 4.69) is 15.9 Å². The van der Waals surface area contributed by atoms with Crippen LogP contribution in [0, 0.1) is 0 Å². The smallest absolute Gasteiger partial charge is 0.422 e. The predicted octanol–water partition coefficient (Wildman–Crippen LogP) is 1.47. The van der Waals surface area contributed by atoms with Crippen LogP contribution in [-0.4, -0.2) is 43.3 Å². The van der Waals surface area contributed by atoms with Crippen LogP contribution in [0.5, 0.6) is 0 Å². The number of rotatable bonds is 7. The van der Waals surface area contributed by atoms with Gasteiger partial charge in [-0.2, -0.15) is 12.7 Å². The Balaban J connectivity index is 4.56. The third-order valence-corrected chi connectivity index (χ3v) is 3.53. The first-order valence-electron chi connectivity index (χ1n) is 5.38. The van der Waals surface area contributed by atoms with Crippen molar-refractivity contribution in [1.82, 2.24) is 9.03 Å². The Labute approximate surface area is 111 Å². The van der Waals surface area contributed by atoms with E-state index in [0.717, 1.165) is 0 Å². The van der Waals surface area contributed by atoms with Crippen molar-refractivity contribution in [2.45, 2.75) is 33.3 Å². The third-order valence-electron chi connectivity index (χ3n) is 1.70. The largest absolute Gasteiger partial charge is 0.446 e. The molecular weight excluding hydrogens is 312 g/mol. The van der Waals surface area contributed by atoms with Gasteiger partial charge in [-0.25, -0.2) is 9.52 Å². The van der Waals surface area contributed by atoms with E-state index < -0.39 is 16.3 Å². The van der Waals surface area contributed by atoms with E-state index in [1.54, 1.807) is 13.8 Å². The summed E-state index contributed by atoms with van der Waals surface area (Å²) in [5.74, 6) is 0. The van der Waals surface area contributed by atoms with E-state index in [4.69, 9.17) is 4.74 Å². The molecule has 0 unspecified atom stereocenters. The van der Waals surface area contributed by atoms with Crippen molar-refractivity contribution in [3.05, 3.63) is 0 Å². The molecule has 0 rings (SSSR count). The molecule has 17 heavy (non-hydrogen) atoms. The van der Waals surface area contributed by atoms with Crippen LogP contribution in [0.3, 0.4) is 0 Å². The van der Waals surface area contributed by atoms with Crippen LogP contribution in [0.1, 0.15) is 27.2 Å². The lowest BCUT2D eigenvalue weighted by atomic mass is 10.5. The van der Waals surface area contributed by atoms with Gasteiger partial charge in [-0.15, -0.1) is 0 Å². The van der Waals surface area contributed by atoms with E-state index >= 15 is 0 Å². The van der Waals surface area contributed by atoms with Crippen molar-refractivity contribution >= 4 is 32.2 Å². The Hall–Kier alpha value is -0.340. The van der Waals surface area contributed by atoms with Crippen LogP contribution in [0.25, 0.3) is 0 Å². The highest BCUT2D eigenvalue weighted by Gasteiger charge is 2.23. The van der Waals surface area contributed by atoms with Gasteiger partial charge in [0.15, 0.2) is 0 Å². The molecule has 0 spiro atoms. The molecule has 0 aromatic carbocycles. The topological polar surface area (TPSA) is 75.7 Å². The van der Waals surface area contributed by atoms with Gasteiger partial charge in [0.05, 0.1) is 6.10 Å². The zero-order valence-electron chi connectivity index (χ0n) is 10.3. The van der Waals surface area contributed by atoms with Gasteiger partial charge in [0.2, 0.25) is 0 Å². The number of alkyl halides is 1. The molecule has 0 saturated heterocycles. The highest BCUT2D eigenvalue weighted by molar-refractivity contribution is 9.09. The van der Waals surface area contributed by atoms with Crippen molar-refractivity contribution in [3.8, 4) is 0 Å². The first-order chi connectivity index (χ1) is 7.83. The molecule has 0 radical (unpaired) electrons. The zero-order chi connectivity index (χ0) is 13.5. The minimum absolute atomic E-state index is 0.304. The second-order valence-electron chi connectivity index (χ2n) is 3.65. The molecule has 0 saturated carbocycles. The summed E-state index contributed by atoms with van der Waals surface area (Å²) in [4.78, 5) is 11.2. The standard InChI is InChI=1S/C9H19BrN2O4S/c1-4-6-12(7-5-10)17(14,15)11-9(13)16-8(2)3/h8H,4-7H2,1-3H3,(H,11,13). The summed E-state index contributed by atoms with van der Waals surface area (Å²) < 4.78 is 31.4. The Bertz CT molecular complexity index is 326. The fraction of sp³-hybridized carbons (Fsp3) is 0.889. The molecule has 0 atom stereocenters. The van der Waals surface area contributed by atoms with Crippen LogP contribution in [-0.2, 0) is 14.9 Å². The Morgan fingerprint density at radius 3 is 2.41 bits per heavy atom. The minimum atomic E-state index is -3.81. The molecule has 102 valence electrons. The average Bonchev–Trinajstić information content (AvgIpc) is 2.14. The van der Waals surface area contributed by atoms with Crippen molar-refractivity contribution in [2.75, 3.05) is 18.4 Å². The quantitative estimate of drug-likeness (QED) is 0.717. The third kappa shape index (κ3) is 6.85. The maximum absolute atomic E-state index is 11.8. The summed E-state index contributed by atoms with van der Waals surface area (Å²) in [7, 11) is -3.81. The van der Waals surface area contributed by atoms with Crippen LogP contribution in [0.15, 0.2) is 0 Å². The van der Waals surface area contributed by atoms with E-state index in [0.29, 0.717) is 24.8 Å². The lowest BCUT2D eigenvalue weighted by Crippen LogP contribution is -2.45. The number of hydrogen-bond acceptors (Lipinski definition) is 4. The van der Waals surface area contributed by atoms with Gasteiger partial charge in [0, 0.05) is 18.4 Å². The van der Waals surface area contributed by atoms with E-state index in [9.17, 15) is 13.2 Å². The van der Waals surface area contributed by atoms with Gasteiger partial charge in [-0.3, -0.25) is 0 Å². The molecule has 0 aromatic rings. The van der Waals surface area contributed by atoms with Crippen LogP contribution < -0.4 is 4.72 Å². The second-order valence-corrected chi connectivity index (χ2v) is 6.11. The number of carbonyl (C=O) groups excluding carboxylic acids is 1. The number of nitrogens with zero attached hydrogens (tertiary/aromatic N) is 1. The molecule has 1 N–H and O–H groups in total. The SMILES string of the molecule is CCCN(CCBr)S(=O)(=O)NC(=O)OC(C)C. The fourth-order valence-electron chi connectivity index (χ4n) is 1.10. The number of amides is 1. The molecule has 0 heterocycles. The molecule has 0 aromatic heterocycles. The number of hydrogen-bond donors (Lipinski definition) is 1. The second kappa shape index (κ2) is 7.88. The summed E-state index contributed by atoms with van der Waals surface area (Å²) in [6, 6.07) is 0. The van der Waals surface area contributed by atoms with Crippen LogP contribution >= 0.6 is 15.9 Å². The van der Waals surface area contributed by atoms with E-state index in [1.165, 1.54) is 4.31 Å². The minimum Gasteiger partial charge on any atom is -0.446 e. The molecule has 0 aliphatic rings. The van der Waals surface area contributed by atoms with Gasteiger partial charge in [0.1, 0.15) is 0 Å². The summed E-state index contributed by atoms with van der Waals surface area (Å²) in [6.07, 6.45) is -0.635. The fourth-order valence-corrected chi connectivity index (χ4v) is 2.91. The number of ether oxygens (including phenoxy) is 1. The molecule has 0 aliphatic carbocycles. The van der Waals surface area contributed by atoms with Crippen LogP contribution in [0.2, 0.25) is 0 Å². The molecule has 6 nitrogen and oxygen atoms in total. The number of carbonyl (C=O) groups is 1. The number of nitrogens with one attached hydrogen (secondary N) is 1. The number of halogens is 1. The van der Waals surface area contributed by atoms with Crippen LogP contribution in [0.4, 0.5) is 4.79 Å². The van der Waals surface area contributed by atoms with Gasteiger partial charge in [-0.1, -0.05) is 22.9 Å². The Kier molecular flexibility index (Phi) is 7.73. The highest BCUT2D eigenvalue weighted by atomic mass is 79.9. The van der Waals surface area contributed by atoms with Gasteiger partial charge >= 0.3 is 16.3 Å². The molecule has 0 aliphatic heterocycles. The first kappa shape index (κ1) is 16.7. The summed E-state index contributed by atoms with van der Waals surface area (Å²) in [6.45, 7) is 5.82. The lowest BCUT2D eigenvalue weighted by Gasteiger charge is -2.20. The predicted molar refractivity (Wildman–Crippen MR) is 69.3 cm³/mol. The zero-order valence-corrected chi connectivity index (χ0v) is 12.7. The monoisotopic (exact) mass is 330 g/mol. The van der Waals surface area contributed by atoms with E-state index in [-0.39, 0.29) is 6.10 Å². The summed E-state index contributed by atoms with van der Waals surface area (Å²) in [5, 5.41) is 0.507. The Morgan fingerprint density at radius 1 is 1.41 bits per heavy atom. The van der Waals surface area contributed by atoms with Gasteiger partial charge < -0.3 is 4.74 Å². The lowest BCUT2D eigenvalue weighted by molar-refractivity contribution is 0.121. The Morgan fingerprint density at radius 2 is 2.00 bits per heavy atom. The maximum Gasteiger partial charge on any atom is 0.422 e. The molecular formula is C9H19BrN2O4S. The first-order valence-corrected chi connectivity index (χ1v) is 7.94.